The summed E-state index contributed by atoms with van der Waals surface area (Å²) < 4.78 is 94.7. The molecule has 0 aliphatic heterocycles. The Morgan fingerprint density at radius 3 is 1.73 bits per heavy atom. The molecule has 0 unspecified atom stereocenters. The van der Waals surface area contributed by atoms with Crippen LogP contribution in [-0.4, -0.2) is 26.3 Å². The van der Waals surface area contributed by atoms with Crippen molar-refractivity contribution in [3.8, 4) is 0 Å². The van der Waals surface area contributed by atoms with Crippen molar-refractivity contribution in [3.63, 3.8) is 0 Å². The first-order valence-electron chi connectivity index (χ1n) is 6.84. The SMILES string of the molecule is CCCC/C=C(\CC(F)(C(F)(F)F)C(F)(F)F)O[Si](C)(C)C. The lowest BCUT2D eigenvalue weighted by atomic mass is 9.98. The van der Waals surface area contributed by atoms with Gasteiger partial charge in [-0.15, -0.1) is 0 Å². The Labute approximate surface area is 126 Å². The van der Waals surface area contributed by atoms with Crippen LogP contribution in [-0.2, 0) is 4.43 Å². The topological polar surface area (TPSA) is 9.23 Å². The van der Waals surface area contributed by atoms with Crippen LogP contribution in [0.3, 0.4) is 0 Å². The molecule has 0 atom stereocenters. The zero-order chi connectivity index (χ0) is 17.8. The van der Waals surface area contributed by atoms with Crippen LogP contribution in [0.5, 0.6) is 0 Å². The zero-order valence-electron chi connectivity index (χ0n) is 13.0. The van der Waals surface area contributed by atoms with Crippen molar-refractivity contribution in [3.05, 3.63) is 11.8 Å². The maximum Gasteiger partial charge on any atom is 0.432 e. The molecule has 0 fully saturated rings. The Bertz CT molecular complexity index is 365. The Balaban J connectivity index is 5.52. The molecule has 132 valence electrons. The normalized spacial score (nSPS) is 15.1. The summed E-state index contributed by atoms with van der Waals surface area (Å²) in [6.45, 7) is 6.61. The lowest BCUT2D eigenvalue weighted by Crippen LogP contribution is -2.53. The van der Waals surface area contributed by atoms with Crippen molar-refractivity contribution in [1.29, 1.82) is 0 Å². The molecule has 9 heteroatoms. The van der Waals surface area contributed by atoms with Crippen molar-refractivity contribution in [1.82, 2.24) is 0 Å². The zero-order valence-corrected chi connectivity index (χ0v) is 14.0. The van der Waals surface area contributed by atoms with Crippen molar-refractivity contribution < 1.29 is 35.2 Å². The van der Waals surface area contributed by atoms with E-state index >= 15 is 0 Å². The molecule has 0 aliphatic carbocycles. The lowest BCUT2D eigenvalue weighted by molar-refractivity contribution is -0.341. The fourth-order valence-electron chi connectivity index (χ4n) is 1.61. The van der Waals surface area contributed by atoms with Gasteiger partial charge in [-0.25, -0.2) is 4.39 Å². The van der Waals surface area contributed by atoms with Crippen LogP contribution in [0.15, 0.2) is 11.8 Å². The number of hydrogen-bond acceptors (Lipinski definition) is 1. The summed E-state index contributed by atoms with van der Waals surface area (Å²) in [7, 11) is -2.47. The maximum atomic E-state index is 13.8. The van der Waals surface area contributed by atoms with Gasteiger partial charge in [-0.05, 0) is 38.6 Å². The van der Waals surface area contributed by atoms with Gasteiger partial charge in [0.15, 0.2) is 0 Å². The van der Waals surface area contributed by atoms with Gasteiger partial charge in [-0.3, -0.25) is 0 Å². The number of allylic oxidation sites excluding steroid dienone is 2. The molecular formula is C13H21F7OSi. The quantitative estimate of drug-likeness (QED) is 0.231. The van der Waals surface area contributed by atoms with E-state index in [1.54, 1.807) is 19.6 Å². The average molecular weight is 354 g/mol. The fourth-order valence-corrected chi connectivity index (χ4v) is 2.55. The Hall–Kier alpha value is -0.733. The lowest BCUT2D eigenvalue weighted by Gasteiger charge is -2.32. The van der Waals surface area contributed by atoms with E-state index in [4.69, 9.17) is 4.43 Å². The number of alkyl halides is 7. The van der Waals surface area contributed by atoms with Crippen LogP contribution < -0.4 is 0 Å². The van der Waals surface area contributed by atoms with E-state index in [9.17, 15) is 30.7 Å². The third-order valence-electron chi connectivity index (χ3n) is 2.68. The van der Waals surface area contributed by atoms with E-state index in [1.165, 1.54) is 0 Å². The smallest absolute Gasteiger partial charge is 0.432 e. The standard InChI is InChI=1S/C13H21F7OSi/c1-5-6-7-8-10(21-22(2,3)4)9-11(14,12(15,16)17)13(18,19)20/h8H,5-7,9H2,1-4H3/b10-8+. The molecule has 0 N–H and O–H groups in total. The first-order valence-corrected chi connectivity index (χ1v) is 10.3. The van der Waals surface area contributed by atoms with Gasteiger partial charge in [-0.2, -0.15) is 26.3 Å². The van der Waals surface area contributed by atoms with Gasteiger partial charge in [-0.1, -0.05) is 13.3 Å². The molecule has 0 rings (SSSR count). The summed E-state index contributed by atoms with van der Waals surface area (Å²) in [6, 6.07) is 0. The highest BCUT2D eigenvalue weighted by Crippen LogP contribution is 2.50. The Morgan fingerprint density at radius 1 is 0.955 bits per heavy atom. The summed E-state index contributed by atoms with van der Waals surface area (Å²) in [4.78, 5) is 0. The molecule has 0 saturated carbocycles. The molecule has 0 saturated heterocycles. The minimum absolute atomic E-state index is 0.238. The van der Waals surface area contributed by atoms with Gasteiger partial charge in [0.2, 0.25) is 8.32 Å². The minimum atomic E-state index is -6.06. The van der Waals surface area contributed by atoms with Crippen LogP contribution in [0, 0.1) is 0 Å². The van der Waals surface area contributed by atoms with Gasteiger partial charge in [0.05, 0.1) is 12.2 Å². The van der Waals surface area contributed by atoms with E-state index in [0.29, 0.717) is 12.8 Å². The number of halogens is 7. The summed E-state index contributed by atoms with van der Waals surface area (Å²) in [5, 5.41) is 0. The molecule has 0 amide bonds. The molecular weight excluding hydrogens is 333 g/mol. The first-order chi connectivity index (χ1) is 9.64. The van der Waals surface area contributed by atoms with Gasteiger partial charge < -0.3 is 4.43 Å². The highest BCUT2D eigenvalue weighted by molar-refractivity contribution is 6.70. The molecule has 0 aromatic rings. The third kappa shape index (κ3) is 6.17. The average Bonchev–Trinajstić information content (AvgIpc) is 2.23. The molecule has 1 nitrogen and oxygen atoms in total. The predicted molar refractivity (Wildman–Crippen MR) is 72.6 cm³/mol. The first kappa shape index (κ1) is 21.3. The molecule has 0 aliphatic rings. The Morgan fingerprint density at radius 2 is 1.41 bits per heavy atom. The summed E-state index contributed by atoms with van der Waals surface area (Å²) >= 11 is 0. The van der Waals surface area contributed by atoms with Gasteiger partial charge in [0, 0.05) is 0 Å². The third-order valence-corrected chi connectivity index (χ3v) is 3.56. The fraction of sp³-hybridized carbons (Fsp3) is 0.846. The van der Waals surface area contributed by atoms with Crippen LogP contribution in [0.1, 0.15) is 32.6 Å². The van der Waals surface area contributed by atoms with Gasteiger partial charge >= 0.3 is 18.0 Å². The maximum absolute atomic E-state index is 13.8. The molecule has 0 aromatic carbocycles. The second-order valence-corrected chi connectivity index (χ2v) is 10.4. The summed E-state index contributed by atoms with van der Waals surface area (Å²) in [6.07, 6.45) is -11.4. The molecule has 0 heterocycles. The molecule has 0 bridgehead atoms. The van der Waals surface area contributed by atoms with Crippen molar-refractivity contribution in [2.24, 2.45) is 0 Å². The van der Waals surface area contributed by atoms with E-state index in [0.717, 1.165) is 6.08 Å². The van der Waals surface area contributed by atoms with E-state index in [1.807, 2.05) is 6.92 Å². The molecule has 22 heavy (non-hydrogen) atoms. The largest absolute Gasteiger partial charge is 0.547 e. The molecule has 0 radical (unpaired) electrons. The van der Waals surface area contributed by atoms with Gasteiger partial charge in [0.25, 0.3) is 0 Å². The van der Waals surface area contributed by atoms with Crippen LogP contribution in [0.4, 0.5) is 30.7 Å². The highest BCUT2D eigenvalue weighted by atomic mass is 28.4. The summed E-state index contributed by atoms with van der Waals surface area (Å²) in [5.41, 5.74) is -5.31. The van der Waals surface area contributed by atoms with E-state index < -0.39 is 38.5 Å². The summed E-state index contributed by atoms with van der Waals surface area (Å²) in [5.74, 6) is -0.579. The van der Waals surface area contributed by atoms with Crippen LogP contribution >= 0.6 is 0 Å². The molecule has 0 aromatic heterocycles. The van der Waals surface area contributed by atoms with Gasteiger partial charge in [0.1, 0.15) is 0 Å². The van der Waals surface area contributed by atoms with Crippen LogP contribution in [0.2, 0.25) is 19.6 Å². The number of unbranched alkanes of at least 4 members (excludes halogenated alkanes) is 2. The molecule has 0 spiro atoms. The Kier molecular flexibility index (Phi) is 6.99. The second kappa shape index (κ2) is 7.23. The predicted octanol–water partition coefficient (Wildman–Crippen LogP) is 6.14. The minimum Gasteiger partial charge on any atom is -0.547 e. The number of rotatable bonds is 7. The van der Waals surface area contributed by atoms with E-state index in [2.05, 4.69) is 0 Å². The second-order valence-electron chi connectivity index (χ2n) is 6.00. The number of hydrogen-bond donors (Lipinski definition) is 0. The van der Waals surface area contributed by atoms with Crippen molar-refractivity contribution in [2.45, 2.75) is 70.3 Å². The van der Waals surface area contributed by atoms with Crippen molar-refractivity contribution in [2.75, 3.05) is 0 Å². The monoisotopic (exact) mass is 354 g/mol. The van der Waals surface area contributed by atoms with Crippen LogP contribution in [0.25, 0.3) is 0 Å². The highest BCUT2D eigenvalue weighted by Gasteiger charge is 2.72. The van der Waals surface area contributed by atoms with E-state index in [-0.39, 0.29) is 6.42 Å². The van der Waals surface area contributed by atoms with Crippen molar-refractivity contribution >= 4 is 8.32 Å².